The SMILES string of the molecule is CNOSc1ccccc1. The molecule has 0 saturated heterocycles. The van der Waals surface area contributed by atoms with E-state index >= 15 is 0 Å². The summed E-state index contributed by atoms with van der Waals surface area (Å²) in [5.41, 5.74) is 2.58. The standard InChI is InChI=1S/C7H9NOS/c1-8-9-10-7-5-3-2-4-6-7/h2-6,8H,1H3. The minimum atomic E-state index is 1.09. The fourth-order valence-corrected chi connectivity index (χ4v) is 1.01. The lowest BCUT2D eigenvalue weighted by Crippen LogP contribution is -1.99. The number of benzene rings is 1. The maximum Gasteiger partial charge on any atom is 0.0524 e. The molecule has 0 unspecified atom stereocenters. The zero-order valence-electron chi connectivity index (χ0n) is 5.70. The van der Waals surface area contributed by atoms with Crippen LogP contribution in [0.15, 0.2) is 35.2 Å². The molecule has 0 aliphatic carbocycles. The van der Waals surface area contributed by atoms with Crippen molar-refractivity contribution < 1.29 is 4.28 Å². The van der Waals surface area contributed by atoms with Crippen LogP contribution in [-0.4, -0.2) is 7.05 Å². The Kier molecular flexibility index (Phi) is 3.29. The molecule has 0 aromatic heterocycles. The average Bonchev–Trinajstić information content (AvgIpc) is 2.03. The van der Waals surface area contributed by atoms with Gasteiger partial charge in [-0.05, 0) is 12.1 Å². The van der Waals surface area contributed by atoms with Crippen molar-refractivity contribution in [2.75, 3.05) is 7.05 Å². The first kappa shape index (κ1) is 7.60. The van der Waals surface area contributed by atoms with Crippen LogP contribution < -0.4 is 5.48 Å². The number of rotatable bonds is 3. The molecule has 1 aromatic rings. The Morgan fingerprint density at radius 1 is 1.30 bits per heavy atom. The van der Waals surface area contributed by atoms with E-state index in [0.717, 1.165) is 4.90 Å². The van der Waals surface area contributed by atoms with Crippen molar-refractivity contribution in [2.45, 2.75) is 4.90 Å². The lowest BCUT2D eigenvalue weighted by atomic mass is 10.4. The van der Waals surface area contributed by atoms with Gasteiger partial charge in [0.2, 0.25) is 0 Å². The number of hydrogen-bond acceptors (Lipinski definition) is 3. The highest BCUT2D eigenvalue weighted by molar-refractivity contribution is 7.94. The molecule has 0 amide bonds. The first-order chi connectivity index (χ1) is 4.93. The first-order valence-corrected chi connectivity index (χ1v) is 3.73. The van der Waals surface area contributed by atoms with Crippen molar-refractivity contribution in [3.05, 3.63) is 30.3 Å². The summed E-state index contributed by atoms with van der Waals surface area (Å²) < 4.78 is 4.89. The maximum absolute atomic E-state index is 4.89. The van der Waals surface area contributed by atoms with E-state index < -0.39 is 0 Å². The second-order valence-electron chi connectivity index (χ2n) is 1.68. The topological polar surface area (TPSA) is 21.3 Å². The van der Waals surface area contributed by atoms with Crippen molar-refractivity contribution in [3.8, 4) is 0 Å². The molecule has 1 N–H and O–H groups in total. The molecule has 2 nitrogen and oxygen atoms in total. The van der Waals surface area contributed by atoms with Crippen LogP contribution in [0.4, 0.5) is 0 Å². The molecule has 0 bridgehead atoms. The smallest absolute Gasteiger partial charge is 0.0524 e. The van der Waals surface area contributed by atoms with Gasteiger partial charge in [-0.3, -0.25) is 0 Å². The zero-order chi connectivity index (χ0) is 7.23. The highest BCUT2D eigenvalue weighted by Crippen LogP contribution is 2.15. The van der Waals surface area contributed by atoms with Gasteiger partial charge < -0.3 is 0 Å². The number of hydrogen-bond donors (Lipinski definition) is 1. The largest absolute Gasteiger partial charge is 0.227 e. The van der Waals surface area contributed by atoms with Crippen molar-refractivity contribution in [1.29, 1.82) is 0 Å². The molecule has 3 heteroatoms. The molecule has 0 spiro atoms. The quantitative estimate of drug-likeness (QED) is 0.531. The third-order valence-corrected chi connectivity index (χ3v) is 1.68. The molecular weight excluding hydrogens is 146 g/mol. The van der Waals surface area contributed by atoms with Gasteiger partial charge in [-0.2, -0.15) is 5.48 Å². The summed E-state index contributed by atoms with van der Waals surface area (Å²) in [5.74, 6) is 0. The molecule has 1 aromatic carbocycles. The Hall–Kier alpha value is -0.510. The summed E-state index contributed by atoms with van der Waals surface area (Å²) in [6.45, 7) is 0. The monoisotopic (exact) mass is 155 g/mol. The predicted molar refractivity (Wildman–Crippen MR) is 42.4 cm³/mol. The lowest BCUT2D eigenvalue weighted by molar-refractivity contribution is 0.271. The summed E-state index contributed by atoms with van der Waals surface area (Å²) in [4.78, 5) is 1.09. The molecular formula is C7H9NOS. The van der Waals surface area contributed by atoms with Gasteiger partial charge >= 0.3 is 0 Å². The summed E-state index contributed by atoms with van der Waals surface area (Å²) in [6, 6.07) is 9.90. The van der Waals surface area contributed by atoms with Gasteiger partial charge in [-0.1, -0.05) is 18.2 Å². The van der Waals surface area contributed by atoms with Crippen LogP contribution >= 0.6 is 12.0 Å². The number of nitrogens with one attached hydrogen (secondary N) is 1. The Morgan fingerprint density at radius 3 is 2.60 bits per heavy atom. The Labute approximate surface area is 64.7 Å². The van der Waals surface area contributed by atoms with Crippen LogP contribution in [0.1, 0.15) is 0 Å². The highest BCUT2D eigenvalue weighted by atomic mass is 32.2. The van der Waals surface area contributed by atoms with Crippen LogP contribution in [0.25, 0.3) is 0 Å². The molecule has 54 valence electrons. The third-order valence-electron chi connectivity index (χ3n) is 0.964. The van der Waals surface area contributed by atoms with Gasteiger partial charge in [-0.15, -0.1) is 0 Å². The maximum atomic E-state index is 4.89. The molecule has 0 radical (unpaired) electrons. The Morgan fingerprint density at radius 2 is 2.00 bits per heavy atom. The summed E-state index contributed by atoms with van der Waals surface area (Å²) in [5, 5.41) is 0. The van der Waals surface area contributed by atoms with Crippen molar-refractivity contribution in [2.24, 2.45) is 0 Å². The summed E-state index contributed by atoms with van der Waals surface area (Å²) >= 11 is 1.31. The van der Waals surface area contributed by atoms with Crippen LogP contribution in [0.2, 0.25) is 0 Å². The van der Waals surface area contributed by atoms with Crippen LogP contribution in [0, 0.1) is 0 Å². The van der Waals surface area contributed by atoms with Gasteiger partial charge in [-0.25, -0.2) is 4.28 Å². The van der Waals surface area contributed by atoms with Gasteiger partial charge in [0.25, 0.3) is 0 Å². The zero-order valence-corrected chi connectivity index (χ0v) is 6.52. The van der Waals surface area contributed by atoms with Crippen LogP contribution in [0.3, 0.4) is 0 Å². The van der Waals surface area contributed by atoms with E-state index in [-0.39, 0.29) is 0 Å². The van der Waals surface area contributed by atoms with E-state index in [1.807, 2.05) is 30.3 Å². The van der Waals surface area contributed by atoms with Crippen LogP contribution in [0.5, 0.6) is 0 Å². The fourth-order valence-electron chi connectivity index (χ4n) is 0.566. The molecule has 0 heterocycles. The Bertz CT molecular complexity index is 178. The molecule has 0 fully saturated rings. The van der Waals surface area contributed by atoms with E-state index in [1.54, 1.807) is 7.05 Å². The minimum Gasteiger partial charge on any atom is -0.227 e. The Balaban J connectivity index is 2.43. The summed E-state index contributed by atoms with van der Waals surface area (Å²) in [7, 11) is 1.73. The third kappa shape index (κ3) is 2.39. The minimum absolute atomic E-state index is 1.09. The van der Waals surface area contributed by atoms with Gasteiger partial charge in [0.1, 0.15) is 0 Å². The van der Waals surface area contributed by atoms with Crippen molar-refractivity contribution >= 4 is 12.0 Å². The van der Waals surface area contributed by atoms with E-state index in [9.17, 15) is 0 Å². The predicted octanol–water partition coefficient (Wildman–Crippen LogP) is 1.84. The van der Waals surface area contributed by atoms with Crippen molar-refractivity contribution in [3.63, 3.8) is 0 Å². The highest BCUT2D eigenvalue weighted by Gasteiger charge is 1.88. The molecule has 0 atom stereocenters. The first-order valence-electron chi connectivity index (χ1n) is 2.99. The van der Waals surface area contributed by atoms with Gasteiger partial charge in [0.05, 0.1) is 12.0 Å². The van der Waals surface area contributed by atoms with E-state index in [1.165, 1.54) is 12.0 Å². The normalized spacial score (nSPS) is 9.70. The second-order valence-corrected chi connectivity index (χ2v) is 2.49. The lowest BCUT2D eigenvalue weighted by Gasteiger charge is -1.97. The van der Waals surface area contributed by atoms with Crippen LogP contribution in [-0.2, 0) is 4.28 Å². The molecule has 10 heavy (non-hydrogen) atoms. The fraction of sp³-hybridized carbons (Fsp3) is 0.143. The average molecular weight is 155 g/mol. The van der Waals surface area contributed by atoms with Gasteiger partial charge in [0, 0.05) is 11.9 Å². The summed E-state index contributed by atoms with van der Waals surface area (Å²) in [6.07, 6.45) is 0. The molecule has 0 saturated carbocycles. The van der Waals surface area contributed by atoms with E-state index in [2.05, 4.69) is 5.48 Å². The van der Waals surface area contributed by atoms with Crippen molar-refractivity contribution in [1.82, 2.24) is 5.48 Å². The molecule has 1 rings (SSSR count). The second kappa shape index (κ2) is 4.33. The number of hydroxylamine groups is 1. The van der Waals surface area contributed by atoms with E-state index in [0.29, 0.717) is 0 Å². The van der Waals surface area contributed by atoms with E-state index in [4.69, 9.17) is 4.28 Å². The molecule has 0 aliphatic rings. The van der Waals surface area contributed by atoms with Gasteiger partial charge in [0.15, 0.2) is 0 Å². The molecule has 0 aliphatic heterocycles.